The number of benzene rings is 1. The van der Waals surface area contributed by atoms with Crippen LogP contribution in [0.15, 0.2) is 30.6 Å². The summed E-state index contributed by atoms with van der Waals surface area (Å²) in [6.45, 7) is 2.18. The molecule has 0 radical (unpaired) electrons. The first kappa shape index (κ1) is 22.6. The summed E-state index contributed by atoms with van der Waals surface area (Å²) >= 11 is 5.65. The molecule has 0 fully saturated rings. The summed E-state index contributed by atoms with van der Waals surface area (Å²) in [5.41, 5.74) is -6.98. The molecule has 0 aliphatic rings. The van der Waals surface area contributed by atoms with E-state index in [9.17, 15) is 31.2 Å². The number of hydrogen-bond acceptors (Lipinski definition) is 7. The van der Waals surface area contributed by atoms with Crippen LogP contribution in [0.25, 0.3) is 0 Å². The molecule has 2 aromatic rings. The molecule has 13 heteroatoms. The van der Waals surface area contributed by atoms with Crippen molar-refractivity contribution in [2.45, 2.75) is 25.8 Å². The summed E-state index contributed by atoms with van der Waals surface area (Å²) in [5, 5.41) is 0.225. The molecule has 0 spiro atoms. The third-order valence-corrected chi connectivity index (χ3v) is 5.09. The highest BCUT2D eigenvalue weighted by atomic mass is 35.5. The third kappa shape index (κ3) is 4.82. The van der Waals surface area contributed by atoms with Gasteiger partial charge in [-0.1, -0.05) is 18.5 Å². The van der Waals surface area contributed by atoms with Crippen LogP contribution >= 0.6 is 11.6 Å². The summed E-state index contributed by atoms with van der Waals surface area (Å²) in [6.07, 6.45) is 1.90. The standard InChI is InChI=1S/C16H13ClF3N3O5S/c1-3-14(25)23(29(26,27)16(18,19)20)13-5-4-11(6-12(13)9(2)24)28-15-21-7-10(17)8-22-15/h4-8H,3H2,1-2H3. The zero-order chi connectivity index (χ0) is 22.0. The number of Topliss-reactive ketones (excluding diaryl/α,β-unsaturated/α-hetero) is 1. The largest absolute Gasteiger partial charge is 0.517 e. The van der Waals surface area contributed by atoms with Gasteiger partial charge in [0.25, 0.3) is 0 Å². The van der Waals surface area contributed by atoms with Crippen LogP contribution in [0.1, 0.15) is 30.6 Å². The van der Waals surface area contributed by atoms with Crippen molar-refractivity contribution in [2.75, 3.05) is 4.31 Å². The maximum absolute atomic E-state index is 13.1. The number of rotatable bonds is 6. The minimum Gasteiger partial charge on any atom is -0.424 e. The van der Waals surface area contributed by atoms with E-state index in [1.807, 2.05) is 0 Å². The number of hydrogen-bond donors (Lipinski definition) is 0. The van der Waals surface area contributed by atoms with E-state index in [0.717, 1.165) is 25.1 Å². The lowest BCUT2D eigenvalue weighted by atomic mass is 10.1. The Hall–Kier alpha value is -2.73. The van der Waals surface area contributed by atoms with E-state index in [2.05, 4.69) is 9.97 Å². The molecule has 0 aliphatic heterocycles. The van der Waals surface area contributed by atoms with Crippen molar-refractivity contribution < 1.29 is 35.9 Å². The number of anilines is 1. The van der Waals surface area contributed by atoms with E-state index in [-0.39, 0.29) is 16.8 Å². The molecule has 0 saturated carbocycles. The van der Waals surface area contributed by atoms with Gasteiger partial charge in [0.1, 0.15) is 5.75 Å². The van der Waals surface area contributed by atoms with Crippen LogP contribution in [0.5, 0.6) is 11.8 Å². The molecule has 0 unspecified atom stereocenters. The number of sulfonamides is 1. The van der Waals surface area contributed by atoms with Gasteiger partial charge in [0.15, 0.2) is 5.78 Å². The van der Waals surface area contributed by atoms with Crippen LogP contribution in [0, 0.1) is 0 Å². The molecular weight excluding hydrogens is 439 g/mol. The van der Waals surface area contributed by atoms with Crippen molar-refractivity contribution in [3.8, 4) is 11.8 Å². The normalized spacial score (nSPS) is 11.8. The molecule has 8 nitrogen and oxygen atoms in total. The highest BCUT2D eigenvalue weighted by molar-refractivity contribution is 7.94. The summed E-state index contributed by atoms with van der Waals surface area (Å²) < 4.78 is 68.0. The second kappa shape index (κ2) is 8.33. The maximum Gasteiger partial charge on any atom is 0.517 e. The molecule has 1 amide bonds. The van der Waals surface area contributed by atoms with E-state index in [0.29, 0.717) is 0 Å². The summed E-state index contributed by atoms with van der Waals surface area (Å²) in [6, 6.07) is 2.73. The Bertz CT molecular complexity index is 1040. The van der Waals surface area contributed by atoms with Crippen LogP contribution in [-0.2, 0) is 14.8 Å². The zero-order valence-corrected chi connectivity index (χ0v) is 16.5. The van der Waals surface area contributed by atoms with Gasteiger partial charge in [-0.05, 0) is 25.1 Å². The molecule has 0 saturated heterocycles. The van der Waals surface area contributed by atoms with Gasteiger partial charge in [0.05, 0.1) is 23.1 Å². The number of carbonyl (C=O) groups excluding carboxylic acids is 2. The monoisotopic (exact) mass is 451 g/mol. The molecule has 1 heterocycles. The van der Waals surface area contributed by atoms with Gasteiger partial charge in [-0.15, -0.1) is 0 Å². The lowest BCUT2D eigenvalue weighted by Crippen LogP contribution is -2.45. The average molecular weight is 452 g/mol. The van der Waals surface area contributed by atoms with E-state index < -0.39 is 49.2 Å². The second-order valence-corrected chi connectivity index (χ2v) is 7.70. The van der Waals surface area contributed by atoms with Gasteiger partial charge >= 0.3 is 21.5 Å². The molecule has 0 atom stereocenters. The molecular formula is C16H13ClF3N3O5S. The second-order valence-electron chi connectivity index (χ2n) is 5.48. The molecule has 1 aromatic heterocycles. The molecule has 1 aromatic carbocycles. The van der Waals surface area contributed by atoms with E-state index in [1.165, 1.54) is 19.3 Å². The zero-order valence-electron chi connectivity index (χ0n) is 14.9. The highest BCUT2D eigenvalue weighted by Crippen LogP contribution is 2.35. The van der Waals surface area contributed by atoms with E-state index in [4.69, 9.17) is 16.3 Å². The van der Waals surface area contributed by atoms with Gasteiger partial charge in [-0.2, -0.15) is 25.9 Å². The number of ether oxygens (including phenoxy) is 1. The van der Waals surface area contributed by atoms with Crippen molar-refractivity contribution in [1.82, 2.24) is 9.97 Å². The number of halogens is 4. The number of ketones is 1. The fourth-order valence-electron chi connectivity index (χ4n) is 2.14. The lowest BCUT2D eigenvalue weighted by Gasteiger charge is -2.25. The van der Waals surface area contributed by atoms with Crippen molar-refractivity contribution >= 4 is 39.0 Å². The highest BCUT2D eigenvalue weighted by Gasteiger charge is 2.52. The fraction of sp³-hybridized carbons (Fsp3) is 0.250. The summed E-state index contributed by atoms with van der Waals surface area (Å²) in [7, 11) is -6.08. The number of nitrogens with zero attached hydrogens (tertiary/aromatic N) is 3. The quantitative estimate of drug-likeness (QED) is 0.616. The summed E-state index contributed by atoms with van der Waals surface area (Å²) in [4.78, 5) is 31.6. The van der Waals surface area contributed by atoms with Crippen LogP contribution in [0.4, 0.5) is 18.9 Å². The Labute approximate surface area is 168 Å². The Balaban J connectivity index is 2.59. The van der Waals surface area contributed by atoms with Gasteiger partial charge in [0, 0.05) is 12.0 Å². The SMILES string of the molecule is CCC(=O)N(c1ccc(Oc2ncc(Cl)cn2)cc1C(C)=O)S(=O)(=O)C(F)(F)F. The third-order valence-electron chi connectivity index (χ3n) is 3.43. The lowest BCUT2D eigenvalue weighted by molar-refractivity contribution is -0.117. The van der Waals surface area contributed by atoms with Gasteiger partial charge in [-0.3, -0.25) is 9.59 Å². The van der Waals surface area contributed by atoms with Crippen LogP contribution in [0.3, 0.4) is 0 Å². The minimum absolute atomic E-state index is 0.0745. The molecule has 2 rings (SSSR count). The Morgan fingerprint density at radius 3 is 2.28 bits per heavy atom. The first-order valence-corrected chi connectivity index (χ1v) is 9.65. The number of amides is 1. The Morgan fingerprint density at radius 2 is 1.79 bits per heavy atom. The summed E-state index contributed by atoms with van der Waals surface area (Å²) in [5.74, 6) is -2.23. The van der Waals surface area contributed by atoms with Gasteiger partial charge in [0.2, 0.25) is 5.91 Å². The predicted octanol–water partition coefficient (Wildman–Crippen LogP) is 3.72. The van der Waals surface area contributed by atoms with Crippen molar-refractivity contribution in [1.29, 1.82) is 0 Å². The predicted molar refractivity (Wildman–Crippen MR) is 96.3 cm³/mol. The van der Waals surface area contributed by atoms with Gasteiger partial charge < -0.3 is 4.74 Å². The first-order valence-electron chi connectivity index (χ1n) is 7.83. The fourth-order valence-corrected chi connectivity index (χ4v) is 3.26. The van der Waals surface area contributed by atoms with Crippen molar-refractivity contribution in [3.63, 3.8) is 0 Å². The Morgan fingerprint density at radius 1 is 1.21 bits per heavy atom. The van der Waals surface area contributed by atoms with Crippen molar-refractivity contribution in [3.05, 3.63) is 41.2 Å². The topological polar surface area (TPSA) is 107 Å². The van der Waals surface area contributed by atoms with Crippen LogP contribution < -0.4 is 9.04 Å². The molecule has 156 valence electrons. The molecule has 0 bridgehead atoms. The molecule has 0 N–H and O–H groups in total. The smallest absolute Gasteiger partial charge is 0.424 e. The molecule has 0 aliphatic carbocycles. The van der Waals surface area contributed by atoms with E-state index in [1.54, 1.807) is 0 Å². The van der Waals surface area contributed by atoms with E-state index >= 15 is 0 Å². The number of alkyl halides is 3. The maximum atomic E-state index is 13.1. The number of aromatic nitrogens is 2. The van der Waals surface area contributed by atoms with Crippen molar-refractivity contribution in [2.24, 2.45) is 0 Å². The van der Waals surface area contributed by atoms with Crippen LogP contribution in [-0.4, -0.2) is 35.6 Å². The first-order chi connectivity index (χ1) is 13.4. The number of carbonyl (C=O) groups is 2. The minimum atomic E-state index is -6.08. The average Bonchev–Trinajstić information content (AvgIpc) is 2.63. The van der Waals surface area contributed by atoms with Crippen LogP contribution in [0.2, 0.25) is 5.02 Å². The molecule has 29 heavy (non-hydrogen) atoms. The Kier molecular flexibility index (Phi) is 6.48. The van der Waals surface area contributed by atoms with Gasteiger partial charge in [-0.25, -0.2) is 9.97 Å².